The van der Waals surface area contributed by atoms with E-state index in [1.165, 1.54) is 6.42 Å². The van der Waals surface area contributed by atoms with E-state index in [9.17, 15) is 5.11 Å². The third-order valence-electron chi connectivity index (χ3n) is 2.28. The van der Waals surface area contributed by atoms with E-state index in [1.54, 1.807) is 7.11 Å². The summed E-state index contributed by atoms with van der Waals surface area (Å²) in [5.74, 6) is 1.31. The molecule has 3 unspecified atom stereocenters. The highest BCUT2D eigenvalue weighted by molar-refractivity contribution is 4.87. The highest BCUT2D eigenvalue weighted by Gasteiger charge is 2.38. The molecule has 0 amide bonds. The van der Waals surface area contributed by atoms with Crippen LogP contribution in [0.4, 0.5) is 0 Å². The number of ether oxygens (including phenoxy) is 1. The number of hydrogen-bond donors (Lipinski definition) is 1. The zero-order valence-electron chi connectivity index (χ0n) is 6.71. The molecule has 0 radical (unpaired) electrons. The van der Waals surface area contributed by atoms with Gasteiger partial charge in [-0.05, 0) is 24.7 Å². The normalized spacial score (nSPS) is 33.9. The summed E-state index contributed by atoms with van der Waals surface area (Å²) in [7, 11) is 1.67. The van der Waals surface area contributed by atoms with Gasteiger partial charge in [0.1, 0.15) is 0 Å². The molecule has 0 aromatic carbocycles. The number of aliphatic hydroxyl groups is 1. The van der Waals surface area contributed by atoms with E-state index in [1.807, 2.05) is 0 Å². The largest absolute Gasteiger partial charge is 0.393 e. The first-order valence-corrected chi connectivity index (χ1v) is 3.92. The predicted molar refractivity (Wildman–Crippen MR) is 39.8 cm³/mol. The van der Waals surface area contributed by atoms with Crippen LogP contribution in [0.25, 0.3) is 0 Å². The van der Waals surface area contributed by atoms with Crippen molar-refractivity contribution >= 4 is 0 Å². The van der Waals surface area contributed by atoms with Crippen LogP contribution in [0.5, 0.6) is 0 Å². The molecule has 0 spiro atoms. The third-order valence-corrected chi connectivity index (χ3v) is 2.28. The van der Waals surface area contributed by atoms with Crippen LogP contribution in [0.3, 0.4) is 0 Å². The minimum Gasteiger partial charge on any atom is -0.393 e. The van der Waals surface area contributed by atoms with Gasteiger partial charge in [-0.2, -0.15) is 0 Å². The van der Waals surface area contributed by atoms with Crippen molar-refractivity contribution in [2.45, 2.75) is 25.9 Å². The molecule has 1 aliphatic rings. The monoisotopic (exact) mass is 144 g/mol. The molecule has 1 saturated carbocycles. The fraction of sp³-hybridized carbons (Fsp3) is 1.00. The van der Waals surface area contributed by atoms with Gasteiger partial charge in [-0.3, -0.25) is 0 Å². The van der Waals surface area contributed by atoms with Crippen LogP contribution in [0.15, 0.2) is 0 Å². The van der Waals surface area contributed by atoms with Gasteiger partial charge in [-0.25, -0.2) is 0 Å². The maximum absolute atomic E-state index is 9.41. The third kappa shape index (κ3) is 1.96. The van der Waals surface area contributed by atoms with Crippen molar-refractivity contribution in [3.8, 4) is 0 Å². The Morgan fingerprint density at radius 3 is 2.70 bits per heavy atom. The summed E-state index contributed by atoms with van der Waals surface area (Å²) in [6, 6.07) is 0. The van der Waals surface area contributed by atoms with Crippen LogP contribution >= 0.6 is 0 Å². The van der Waals surface area contributed by atoms with E-state index in [-0.39, 0.29) is 6.10 Å². The SMILES string of the molecule is COCCC(O)C1CC1C. The fourth-order valence-corrected chi connectivity index (χ4v) is 1.34. The number of hydrogen-bond acceptors (Lipinski definition) is 2. The first-order valence-electron chi connectivity index (χ1n) is 3.92. The zero-order chi connectivity index (χ0) is 7.56. The Morgan fingerprint density at radius 2 is 2.30 bits per heavy atom. The second-order valence-electron chi connectivity index (χ2n) is 3.23. The molecule has 0 aliphatic heterocycles. The molecular weight excluding hydrogens is 128 g/mol. The van der Waals surface area contributed by atoms with Crippen molar-refractivity contribution in [2.75, 3.05) is 13.7 Å². The predicted octanol–water partition coefficient (Wildman–Crippen LogP) is 1.04. The van der Waals surface area contributed by atoms with Gasteiger partial charge in [-0.1, -0.05) is 6.92 Å². The quantitative estimate of drug-likeness (QED) is 0.638. The molecule has 2 heteroatoms. The van der Waals surface area contributed by atoms with Crippen molar-refractivity contribution in [1.82, 2.24) is 0 Å². The van der Waals surface area contributed by atoms with Crippen LogP contribution in [0.1, 0.15) is 19.8 Å². The molecule has 1 rings (SSSR count). The first-order chi connectivity index (χ1) is 4.75. The summed E-state index contributed by atoms with van der Waals surface area (Å²) >= 11 is 0. The Morgan fingerprint density at radius 1 is 1.70 bits per heavy atom. The van der Waals surface area contributed by atoms with Gasteiger partial charge in [-0.15, -0.1) is 0 Å². The lowest BCUT2D eigenvalue weighted by atomic mass is 10.1. The number of methoxy groups -OCH3 is 1. The van der Waals surface area contributed by atoms with Crippen LogP contribution < -0.4 is 0 Å². The Kier molecular flexibility index (Phi) is 2.69. The molecule has 0 bridgehead atoms. The summed E-state index contributed by atoms with van der Waals surface area (Å²) in [6.45, 7) is 2.87. The topological polar surface area (TPSA) is 29.5 Å². The van der Waals surface area contributed by atoms with Gasteiger partial charge in [0.05, 0.1) is 6.10 Å². The second kappa shape index (κ2) is 3.35. The fourth-order valence-electron chi connectivity index (χ4n) is 1.34. The zero-order valence-corrected chi connectivity index (χ0v) is 6.71. The molecule has 60 valence electrons. The van der Waals surface area contributed by atoms with Crippen LogP contribution in [0.2, 0.25) is 0 Å². The molecule has 2 nitrogen and oxygen atoms in total. The van der Waals surface area contributed by atoms with Gasteiger partial charge in [0.2, 0.25) is 0 Å². The Bertz CT molecular complexity index is 103. The van der Waals surface area contributed by atoms with E-state index < -0.39 is 0 Å². The highest BCUT2D eigenvalue weighted by atomic mass is 16.5. The first kappa shape index (κ1) is 8.02. The minimum atomic E-state index is -0.116. The minimum absolute atomic E-state index is 0.116. The number of aliphatic hydroxyl groups excluding tert-OH is 1. The smallest absolute Gasteiger partial charge is 0.0593 e. The van der Waals surface area contributed by atoms with E-state index in [4.69, 9.17) is 4.74 Å². The van der Waals surface area contributed by atoms with Crippen LogP contribution in [-0.2, 0) is 4.74 Å². The lowest BCUT2D eigenvalue weighted by molar-refractivity contribution is 0.0920. The lowest BCUT2D eigenvalue weighted by Gasteiger charge is -2.07. The maximum Gasteiger partial charge on any atom is 0.0593 e. The molecule has 0 aromatic rings. The summed E-state index contributed by atoms with van der Waals surface area (Å²) in [4.78, 5) is 0. The molecular formula is C8H16O2. The van der Waals surface area contributed by atoms with Crippen molar-refractivity contribution < 1.29 is 9.84 Å². The lowest BCUT2D eigenvalue weighted by Crippen LogP contribution is -2.12. The van der Waals surface area contributed by atoms with Crippen molar-refractivity contribution in [1.29, 1.82) is 0 Å². The van der Waals surface area contributed by atoms with Crippen molar-refractivity contribution in [3.63, 3.8) is 0 Å². The average Bonchev–Trinajstić information content (AvgIpc) is 2.62. The van der Waals surface area contributed by atoms with Crippen LogP contribution in [-0.4, -0.2) is 24.9 Å². The maximum atomic E-state index is 9.41. The standard InChI is InChI=1S/C8H16O2/c1-6-5-7(6)8(9)3-4-10-2/h6-9H,3-5H2,1-2H3. The van der Waals surface area contributed by atoms with Gasteiger partial charge in [0.25, 0.3) is 0 Å². The van der Waals surface area contributed by atoms with E-state index >= 15 is 0 Å². The molecule has 10 heavy (non-hydrogen) atoms. The molecule has 1 aliphatic carbocycles. The summed E-state index contributed by atoms with van der Waals surface area (Å²) in [6.07, 6.45) is 1.88. The molecule has 1 fully saturated rings. The number of rotatable bonds is 4. The highest BCUT2D eigenvalue weighted by Crippen LogP contribution is 2.41. The Balaban J connectivity index is 2.04. The van der Waals surface area contributed by atoms with Crippen molar-refractivity contribution in [2.24, 2.45) is 11.8 Å². The summed E-state index contributed by atoms with van der Waals surface area (Å²) in [5.41, 5.74) is 0. The van der Waals surface area contributed by atoms with Gasteiger partial charge >= 0.3 is 0 Å². The second-order valence-corrected chi connectivity index (χ2v) is 3.23. The van der Waals surface area contributed by atoms with Gasteiger partial charge < -0.3 is 9.84 Å². The summed E-state index contributed by atoms with van der Waals surface area (Å²) < 4.78 is 4.87. The summed E-state index contributed by atoms with van der Waals surface area (Å²) in [5, 5.41) is 9.41. The molecule has 1 N–H and O–H groups in total. The Labute approximate surface area is 62.2 Å². The molecule has 0 heterocycles. The molecule has 0 saturated heterocycles. The van der Waals surface area contributed by atoms with Crippen molar-refractivity contribution in [3.05, 3.63) is 0 Å². The van der Waals surface area contributed by atoms with E-state index in [0.717, 1.165) is 12.3 Å². The van der Waals surface area contributed by atoms with E-state index in [0.29, 0.717) is 12.5 Å². The van der Waals surface area contributed by atoms with Gasteiger partial charge in [0, 0.05) is 13.7 Å². The van der Waals surface area contributed by atoms with Gasteiger partial charge in [0.15, 0.2) is 0 Å². The molecule has 3 atom stereocenters. The Hall–Kier alpha value is -0.0800. The van der Waals surface area contributed by atoms with E-state index in [2.05, 4.69) is 6.92 Å². The molecule has 0 aromatic heterocycles. The average molecular weight is 144 g/mol. The van der Waals surface area contributed by atoms with Crippen LogP contribution in [0, 0.1) is 11.8 Å².